The van der Waals surface area contributed by atoms with Gasteiger partial charge < -0.3 is 5.32 Å². The molecule has 1 aliphatic rings. The molecule has 0 radical (unpaired) electrons. The van der Waals surface area contributed by atoms with Crippen molar-refractivity contribution in [3.63, 3.8) is 0 Å². The van der Waals surface area contributed by atoms with Gasteiger partial charge in [-0.2, -0.15) is 0 Å². The zero-order valence-electron chi connectivity index (χ0n) is 7.95. The minimum Gasteiger partial charge on any atom is -0.349 e. The Morgan fingerprint density at radius 3 is 3.14 bits per heavy atom. The van der Waals surface area contributed by atoms with Crippen LogP contribution in [0.4, 0.5) is 5.95 Å². The molecule has 0 spiro atoms. The molecule has 0 aliphatic heterocycles. The van der Waals surface area contributed by atoms with Crippen LogP contribution in [0.5, 0.6) is 0 Å². The highest BCUT2D eigenvalue weighted by Gasteiger charge is 2.37. The van der Waals surface area contributed by atoms with Gasteiger partial charge in [-0.05, 0) is 31.2 Å². The first-order valence-electron chi connectivity index (χ1n) is 4.74. The normalized spacial score (nSPS) is 18.4. The van der Waals surface area contributed by atoms with Crippen molar-refractivity contribution in [3.05, 3.63) is 17.6 Å². The third-order valence-corrected chi connectivity index (χ3v) is 3.46. The first-order chi connectivity index (χ1) is 6.75. The average molecular weight is 205 g/mol. The number of aromatic nitrogens is 2. The van der Waals surface area contributed by atoms with Gasteiger partial charge >= 0.3 is 0 Å². The monoisotopic (exact) mass is 205 g/mol. The Bertz CT molecular complexity index is 473. The van der Waals surface area contributed by atoms with Gasteiger partial charge in [-0.3, -0.25) is 0 Å². The van der Waals surface area contributed by atoms with E-state index in [2.05, 4.69) is 22.2 Å². The van der Waals surface area contributed by atoms with Crippen LogP contribution in [0.1, 0.15) is 19.8 Å². The SMILES string of the molecule is CC1(Nc2ncc3sccc3n2)CC1. The van der Waals surface area contributed by atoms with E-state index in [4.69, 9.17) is 0 Å². The van der Waals surface area contributed by atoms with Crippen LogP contribution >= 0.6 is 11.3 Å². The number of hydrogen-bond acceptors (Lipinski definition) is 4. The van der Waals surface area contributed by atoms with Crippen molar-refractivity contribution in [1.29, 1.82) is 0 Å². The van der Waals surface area contributed by atoms with Crippen LogP contribution in [0.25, 0.3) is 10.2 Å². The molecular weight excluding hydrogens is 194 g/mol. The summed E-state index contributed by atoms with van der Waals surface area (Å²) in [6.45, 7) is 2.20. The molecule has 1 aliphatic carbocycles. The second-order valence-electron chi connectivity index (χ2n) is 4.05. The molecule has 1 saturated carbocycles. The molecular formula is C10H11N3S. The lowest BCUT2D eigenvalue weighted by Gasteiger charge is -2.10. The number of nitrogens with zero attached hydrogens (tertiary/aromatic N) is 2. The van der Waals surface area contributed by atoms with Crippen LogP contribution in [0.15, 0.2) is 17.6 Å². The van der Waals surface area contributed by atoms with Gasteiger partial charge in [-0.1, -0.05) is 0 Å². The molecule has 0 unspecified atom stereocenters. The highest BCUT2D eigenvalue weighted by atomic mass is 32.1. The van der Waals surface area contributed by atoms with E-state index in [0.29, 0.717) is 0 Å². The van der Waals surface area contributed by atoms with Crippen molar-refractivity contribution in [2.75, 3.05) is 5.32 Å². The first kappa shape index (κ1) is 8.17. The second-order valence-corrected chi connectivity index (χ2v) is 5.00. The van der Waals surface area contributed by atoms with Crippen molar-refractivity contribution in [1.82, 2.24) is 9.97 Å². The van der Waals surface area contributed by atoms with E-state index in [1.165, 1.54) is 12.8 Å². The summed E-state index contributed by atoms with van der Waals surface area (Å²) in [5, 5.41) is 5.40. The van der Waals surface area contributed by atoms with E-state index in [9.17, 15) is 0 Å². The van der Waals surface area contributed by atoms with E-state index >= 15 is 0 Å². The van der Waals surface area contributed by atoms with Crippen LogP contribution in [0.3, 0.4) is 0 Å². The molecule has 0 aromatic carbocycles. The minimum absolute atomic E-state index is 0.254. The number of fused-ring (bicyclic) bond motifs is 1. The van der Waals surface area contributed by atoms with Crippen molar-refractivity contribution in [3.8, 4) is 0 Å². The van der Waals surface area contributed by atoms with Gasteiger partial charge in [0.05, 0.1) is 16.4 Å². The summed E-state index contributed by atoms with van der Waals surface area (Å²) in [5.41, 5.74) is 1.29. The topological polar surface area (TPSA) is 37.8 Å². The number of rotatable bonds is 2. The number of anilines is 1. The highest BCUT2D eigenvalue weighted by molar-refractivity contribution is 7.17. The minimum atomic E-state index is 0.254. The smallest absolute Gasteiger partial charge is 0.223 e. The fourth-order valence-electron chi connectivity index (χ4n) is 1.41. The zero-order valence-corrected chi connectivity index (χ0v) is 8.77. The Kier molecular flexibility index (Phi) is 1.56. The highest BCUT2D eigenvalue weighted by Crippen LogP contribution is 2.37. The molecule has 1 N–H and O–H groups in total. The van der Waals surface area contributed by atoms with Crippen LogP contribution in [-0.2, 0) is 0 Å². The van der Waals surface area contributed by atoms with Crippen molar-refractivity contribution in [2.45, 2.75) is 25.3 Å². The summed E-state index contributed by atoms with van der Waals surface area (Å²) >= 11 is 1.68. The number of hydrogen-bond donors (Lipinski definition) is 1. The first-order valence-corrected chi connectivity index (χ1v) is 5.62. The Morgan fingerprint density at radius 1 is 1.50 bits per heavy atom. The lowest BCUT2D eigenvalue weighted by molar-refractivity contribution is 0.812. The van der Waals surface area contributed by atoms with Crippen LogP contribution in [-0.4, -0.2) is 15.5 Å². The average Bonchev–Trinajstić information content (AvgIpc) is 2.73. The van der Waals surface area contributed by atoms with Gasteiger partial charge in [0.25, 0.3) is 0 Å². The fourth-order valence-corrected chi connectivity index (χ4v) is 2.10. The maximum atomic E-state index is 4.45. The van der Waals surface area contributed by atoms with Crippen molar-refractivity contribution < 1.29 is 0 Å². The quantitative estimate of drug-likeness (QED) is 0.819. The molecule has 14 heavy (non-hydrogen) atoms. The van der Waals surface area contributed by atoms with E-state index < -0.39 is 0 Å². The lowest BCUT2D eigenvalue weighted by Crippen LogP contribution is -2.17. The van der Waals surface area contributed by atoms with E-state index in [1.807, 2.05) is 17.6 Å². The van der Waals surface area contributed by atoms with Gasteiger partial charge in [0.15, 0.2) is 0 Å². The molecule has 0 saturated heterocycles. The van der Waals surface area contributed by atoms with E-state index in [0.717, 1.165) is 16.2 Å². The van der Waals surface area contributed by atoms with Crippen LogP contribution < -0.4 is 5.32 Å². The second kappa shape index (κ2) is 2.67. The largest absolute Gasteiger partial charge is 0.349 e. The van der Waals surface area contributed by atoms with Crippen LogP contribution in [0, 0.1) is 0 Å². The summed E-state index contributed by atoms with van der Waals surface area (Å²) in [4.78, 5) is 8.74. The molecule has 0 atom stereocenters. The number of nitrogens with one attached hydrogen (secondary N) is 1. The van der Waals surface area contributed by atoms with Gasteiger partial charge in [-0.15, -0.1) is 11.3 Å². The van der Waals surface area contributed by atoms with Gasteiger partial charge in [0, 0.05) is 5.54 Å². The molecule has 4 heteroatoms. The van der Waals surface area contributed by atoms with Gasteiger partial charge in [0.2, 0.25) is 5.95 Å². The summed E-state index contributed by atoms with van der Waals surface area (Å²) in [7, 11) is 0. The predicted octanol–water partition coefficient (Wildman–Crippen LogP) is 2.66. The van der Waals surface area contributed by atoms with Crippen LogP contribution in [0.2, 0.25) is 0 Å². The Morgan fingerprint density at radius 2 is 2.36 bits per heavy atom. The fraction of sp³-hybridized carbons (Fsp3) is 0.400. The van der Waals surface area contributed by atoms with E-state index in [1.54, 1.807) is 11.3 Å². The molecule has 3 nitrogen and oxygen atoms in total. The Hall–Kier alpha value is -1.16. The predicted molar refractivity (Wildman–Crippen MR) is 58.7 cm³/mol. The van der Waals surface area contributed by atoms with Crippen molar-refractivity contribution in [2.24, 2.45) is 0 Å². The van der Waals surface area contributed by atoms with E-state index in [-0.39, 0.29) is 5.54 Å². The lowest BCUT2D eigenvalue weighted by atomic mass is 10.3. The van der Waals surface area contributed by atoms with Gasteiger partial charge in [0.1, 0.15) is 0 Å². The molecule has 2 heterocycles. The van der Waals surface area contributed by atoms with Crippen molar-refractivity contribution >= 4 is 27.5 Å². The molecule has 2 aromatic rings. The molecule has 0 amide bonds. The summed E-state index contributed by atoms with van der Waals surface area (Å²) in [6, 6.07) is 2.03. The maximum absolute atomic E-state index is 4.45. The summed E-state index contributed by atoms with van der Waals surface area (Å²) in [5.74, 6) is 0.760. The molecule has 1 fully saturated rings. The molecule has 2 aromatic heterocycles. The summed E-state index contributed by atoms with van der Waals surface area (Å²) in [6.07, 6.45) is 4.33. The third-order valence-electron chi connectivity index (χ3n) is 2.62. The summed E-state index contributed by atoms with van der Waals surface area (Å²) < 4.78 is 1.15. The third kappa shape index (κ3) is 1.35. The standard InChI is InChI=1S/C10H11N3S/c1-10(3-4-10)13-9-11-6-8-7(12-9)2-5-14-8/h2,5-6H,3-4H2,1H3,(H,11,12,13). The molecule has 3 rings (SSSR count). The Labute approximate surface area is 86.2 Å². The molecule has 0 bridgehead atoms. The maximum Gasteiger partial charge on any atom is 0.223 e. The Balaban J connectivity index is 1.97. The zero-order chi connectivity index (χ0) is 9.60. The number of thiophene rings is 1. The molecule has 72 valence electrons. The van der Waals surface area contributed by atoms with Gasteiger partial charge in [-0.25, -0.2) is 9.97 Å².